The Morgan fingerprint density at radius 3 is 2.60 bits per heavy atom. The molecule has 0 aromatic carbocycles. The molecule has 1 saturated carbocycles. The summed E-state index contributed by atoms with van der Waals surface area (Å²) in [5.41, 5.74) is -0.0992. The Bertz CT molecular complexity index is 425. The quantitative estimate of drug-likeness (QED) is 0.862. The molecule has 1 aromatic rings. The third-order valence-corrected chi connectivity index (χ3v) is 4.01. The molecule has 1 N–H and O–H groups in total. The highest BCUT2D eigenvalue weighted by atomic mass is 16.5. The van der Waals surface area contributed by atoms with Crippen LogP contribution in [0.4, 0.5) is 0 Å². The third-order valence-electron chi connectivity index (χ3n) is 4.01. The van der Waals surface area contributed by atoms with Crippen molar-refractivity contribution in [3.8, 4) is 0 Å². The van der Waals surface area contributed by atoms with Crippen molar-refractivity contribution in [1.29, 1.82) is 0 Å². The van der Waals surface area contributed by atoms with Crippen LogP contribution in [0.2, 0.25) is 0 Å². The van der Waals surface area contributed by atoms with E-state index in [9.17, 15) is 5.11 Å². The Balaban J connectivity index is 2.19. The Labute approximate surface area is 120 Å². The van der Waals surface area contributed by atoms with Crippen molar-refractivity contribution in [1.82, 2.24) is 10.1 Å². The number of rotatable bonds is 3. The molecule has 20 heavy (non-hydrogen) atoms. The Morgan fingerprint density at radius 2 is 1.95 bits per heavy atom. The number of aromatic nitrogens is 2. The topological polar surface area (TPSA) is 68.4 Å². The van der Waals surface area contributed by atoms with Gasteiger partial charge in [-0.2, -0.15) is 4.98 Å². The molecule has 0 amide bonds. The van der Waals surface area contributed by atoms with Gasteiger partial charge in [0.15, 0.2) is 0 Å². The molecular weight excluding hydrogens is 256 g/mol. The molecule has 2 rings (SSSR count). The van der Waals surface area contributed by atoms with Crippen LogP contribution in [0.1, 0.15) is 76.6 Å². The second-order valence-corrected chi connectivity index (χ2v) is 6.78. The van der Waals surface area contributed by atoms with Gasteiger partial charge in [0.2, 0.25) is 11.7 Å². The molecule has 1 aromatic heterocycles. The van der Waals surface area contributed by atoms with Crippen LogP contribution in [0, 0.1) is 5.41 Å². The number of methoxy groups -OCH3 is 1. The number of ether oxygens (including phenoxy) is 1. The summed E-state index contributed by atoms with van der Waals surface area (Å²) < 4.78 is 10.9. The van der Waals surface area contributed by atoms with Gasteiger partial charge in [-0.05, 0) is 18.3 Å². The van der Waals surface area contributed by atoms with E-state index in [4.69, 9.17) is 9.26 Å². The second-order valence-electron chi connectivity index (χ2n) is 6.78. The van der Waals surface area contributed by atoms with Crippen molar-refractivity contribution >= 4 is 0 Å². The monoisotopic (exact) mass is 282 g/mol. The zero-order chi connectivity index (χ0) is 14.8. The molecule has 1 fully saturated rings. The predicted molar refractivity (Wildman–Crippen MR) is 75.3 cm³/mol. The summed E-state index contributed by atoms with van der Waals surface area (Å²) in [6.07, 6.45) is 4.49. The summed E-state index contributed by atoms with van der Waals surface area (Å²) in [4.78, 5) is 4.50. The van der Waals surface area contributed by atoms with Crippen LogP contribution < -0.4 is 0 Å². The van der Waals surface area contributed by atoms with Crippen LogP contribution in [0.15, 0.2) is 4.52 Å². The van der Waals surface area contributed by atoms with Crippen molar-refractivity contribution < 1.29 is 14.4 Å². The molecule has 0 radical (unpaired) electrons. The van der Waals surface area contributed by atoms with Gasteiger partial charge in [-0.1, -0.05) is 45.2 Å². The van der Waals surface area contributed by atoms with Crippen molar-refractivity contribution in [2.75, 3.05) is 7.11 Å². The van der Waals surface area contributed by atoms with Gasteiger partial charge in [-0.3, -0.25) is 0 Å². The van der Waals surface area contributed by atoms with E-state index in [1.54, 1.807) is 7.11 Å². The Kier molecular flexibility index (Phi) is 4.81. The Hall–Kier alpha value is -0.940. The highest BCUT2D eigenvalue weighted by Gasteiger charge is 2.33. The molecule has 1 aliphatic carbocycles. The van der Waals surface area contributed by atoms with Crippen molar-refractivity contribution in [3.63, 3.8) is 0 Å². The third kappa shape index (κ3) is 3.38. The summed E-state index contributed by atoms with van der Waals surface area (Å²) in [7, 11) is 1.66. The van der Waals surface area contributed by atoms with E-state index >= 15 is 0 Å². The standard InChI is InChI=1S/C15H26N2O3/c1-15(2,3)12(19-4)13-16-14(20-17-13)10-8-6-5-7-9-11(10)18/h10-12,18H,5-9H2,1-4H3. The van der Waals surface area contributed by atoms with E-state index in [2.05, 4.69) is 30.9 Å². The molecule has 0 spiro atoms. The van der Waals surface area contributed by atoms with Gasteiger partial charge in [0.05, 0.1) is 12.0 Å². The molecule has 114 valence electrons. The number of aliphatic hydroxyl groups excluding tert-OH is 1. The molecule has 0 saturated heterocycles. The van der Waals surface area contributed by atoms with Crippen LogP contribution in [0.5, 0.6) is 0 Å². The van der Waals surface area contributed by atoms with Crippen LogP contribution in [0.3, 0.4) is 0 Å². The number of nitrogens with zero attached hydrogens (tertiary/aromatic N) is 2. The highest BCUT2D eigenvalue weighted by molar-refractivity contribution is 5.02. The fourth-order valence-electron chi connectivity index (χ4n) is 2.93. The fraction of sp³-hybridized carbons (Fsp3) is 0.867. The molecule has 5 heteroatoms. The lowest BCUT2D eigenvalue weighted by molar-refractivity contribution is 0.00718. The minimum atomic E-state index is -0.374. The van der Waals surface area contributed by atoms with Gasteiger partial charge < -0.3 is 14.4 Å². The largest absolute Gasteiger partial charge is 0.392 e. The van der Waals surface area contributed by atoms with E-state index in [-0.39, 0.29) is 23.5 Å². The first-order valence-electron chi connectivity index (χ1n) is 7.48. The first kappa shape index (κ1) is 15.4. The zero-order valence-electron chi connectivity index (χ0n) is 12.9. The second kappa shape index (κ2) is 6.22. The average molecular weight is 282 g/mol. The zero-order valence-corrected chi connectivity index (χ0v) is 12.9. The van der Waals surface area contributed by atoms with Crippen molar-refractivity contribution in [2.45, 2.75) is 71.0 Å². The van der Waals surface area contributed by atoms with E-state index in [0.29, 0.717) is 11.7 Å². The maximum absolute atomic E-state index is 10.2. The minimum absolute atomic E-state index is 0.0313. The number of aliphatic hydroxyl groups is 1. The average Bonchev–Trinajstić information content (AvgIpc) is 2.71. The lowest BCUT2D eigenvalue weighted by Crippen LogP contribution is -2.22. The van der Waals surface area contributed by atoms with E-state index in [1.807, 2.05) is 0 Å². The van der Waals surface area contributed by atoms with Gasteiger partial charge in [-0.25, -0.2) is 0 Å². The maximum Gasteiger partial charge on any atom is 0.232 e. The van der Waals surface area contributed by atoms with Crippen LogP contribution in [0.25, 0.3) is 0 Å². The molecule has 0 bridgehead atoms. The molecule has 3 unspecified atom stereocenters. The number of hydrogen-bond donors (Lipinski definition) is 1. The summed E-state index contributed by atoms with van der Waals surface area (Å²) in [5, 5.41) is 14.3. The summed E-state index contributed by atoms with van der Waals surface area (Å²) in [5.74, 6) is 1.10. The normalized spacial score (nSPS) is 26.2. The van der Waals surface area contributed by atoms with E-state index in [0.717, 1.165) is 32.1 Å². The molecule has 5 nitrogen and oxygen atoms in total. The van der Waals surface area contributed by atoms with Crippen molar-refractivity contribution in [3.05, 3.63) is 11.7 Å². The summed E-state index contributed by atoms with van der Waals surface area (Å²) in [6, 6.07) is 0. The summed E-state index contributed by atoms with van der Waals surface area (Å²) >= 11 is 0. The van der Waals surface area contributed by atoms with Gasteiger partial charge in [0.25, 0.3) is 0 Å². The molecule has 0 aliphatic heterocycles. The molecule has 3 atom stereocenters. The van der Waals surface area contributed by atoms with Gasteiger partial charge in [-0.15, -0.1) is 0 Å². The fourth-order valence-corrected chi connectivity index (χ4v) is 2.93. The van der Waals surface area contributed by atoms with Crippen molar-refractivity contribution in [2.24, 2.45) is 5.41 Å². The van der Waals surface area contributed by atoms with Crippen LogP contribution in [-0.4, -0.2) is 28.5 Å². The van der Waals surface area contributed by atoms with E-state index in [1.165, 1.54) is 0 Å². The number of hydrogen-bond acceptors (Lipinski definition) is 5. The minimum Gasteiger partial charge on any atom is -0.392 e. The lowest BCUT2D eigenvalue weighted by atomic mass is 9.88. The lowest BCUT2D eigenvalue weighted by Gasteiger charge is -2.26. The maximum atomic E-state index is 10.2. The molecule has 1 aliphatic rings. The van der Waals surface area contributed by atoms with Crippen LogP contribution >= 0.6 is 0 Å². The smallest absolute Gasteiger partial charge is 0.232 e. The van der Waals surface area contributed by atoms with Gasteiger partial charge in [0, 0.05) is 7.11 Å². The highest BCUT2D eigenvalue weighted by Crippen LogP contribution is 2.36. The van der Waals surface area contributed by atoms with Crippen LogP contribution in [-0.2, 0) is 4.74 Å². The predicted octanol–water partition coefficient (Wildman–Crippen LogP) is 3.21. The van der Waals surface area contributed by atoms with Gasteiger partial charge in [0.1, 0.15) is 6.10 Å². The van der Waals surface area contributed by atoms with E-state index < -0.39 is 0 Å². The SMILES string of the molecule is COC(c1noc(C2CCCCCC2O)n1)C(C)(C)C. The van der Waals surface area contributed by atoms with Gasteiger partial charge >= 0.3 is 0 Å². The molecular formula is C15H26N2O3. The summed E-state index contributed by atoms with van der Waals surface area (Å²) in [6.45, 7) is 6.24. The first-order chi connectivity index (χ1) is 9.43. The molecule has 1 heterocycles. The first-order valence-corrected chi connectivity index (χ1v) is 7.48. The Morgan fingerprint density at radius 1 is 1.25 bits per heavy atom.